The Morgan fingerprint density at radius 3 is 2.76 bits per heavy atom. The van der Waals surface area contributed by atoms with E-state index in [2.05, 4.69) is 14.6 Å². The molecule has 0 spiro atoms. The predicted octanol–water partition coefficient (Wildman–Crippen LogP) is 1.03. The molecular weight excluding hydrogens is 308 g/mol. The van der Waals surface area contributed by atoms with Gasteiger partial charge in [-0.15, -0.1) is 11.3 Å². The van der Waals surface area contributed by atoms with Crippen molar-refractivity contribution in [2.45, 2.75) is 32.1 Å². The van der Waals surface area contributed by atoms with E-state index in [1.807, 2.05) is 32.8 Å². The van der Waals surface area contributed by atoms with Crippen molar-refractivity contribution in [3.63, 3.8) is 0 Å². The summed E-state index contributed by atoms with van der Waals surface area (Å²) in [6, 6.07) is 0. The first-order chi connectivity index (χ1) is 9.83. The maximum atomic E-state index is 12.0. The number of aromatic nitrogens is 1. The molecule has 1 aromatic heterocycles. The van der Waals surface area contributed by atoms with E-state index >= 15 is 0 Å². The lowest BCUT2D eigenvalue weighted by Gasteiger charge is -2.15. The molecule has 1 aromatic rings. The predicted molar refractivity (Wildman–Crippen MR) is 87.5 cm³/mol. The quantitative estimate of drug-likeness (QED) is 0.843. The number of anilines is 1. The third-order valence-corrected chi connectivity index (χ3v) is 6.91. The van der Waals surface area contributed by atoms with Gasteiger partial charge in [0.15, 0.2) is 5.13 Å². The van der Waals surface area contributed by atoms with Gasteiger partial charge in [0.25, 0.3) is 0 Å². The van der Waals surface area contributed by atoms with E-state index in [1.165, 1.54) is 4.88 Å². The van der Waals surface area contributed by atoms with Crippen LogP contribution in [-0.2, 0) is 16.6 Å². The van der Waals surface area contributed by atoms with Gasteiger partial charge in [-0.2, -0.15) is 0 Å². The minimum atomic E-state index is -3.17. The molecule has 1 N–H and O–H groups in total. The summed E-state index contributed by atoms with van der Waals surface area (Å²) in [7, 11) is 0.800. The SMILES string of the molecule is CCNS(=O)(=O)C1CCN(Cc2sc(N(C)C)nc2C)C1. The number of rotatable bonds is 6. The van der Waals surface area contributed by atoms with Gasteiger partial charge in [-0.05, 0) is 19.9 Å². The summed E-state index contributed by atoms with van der Waals surface area (Å²) in [6.07, 6.45) is 0.702. The third-order valence-electron chi connectivity index (χ3n) is 3.64. The highest BCUT2D eigenvalue weighted by Crippen LogP contribution is 2.27. The number of thiazole rings is 1. The monoisotopic (exact) mass is 332 g/mol. The number of nitrogens with zero attached hydrogens (tertiary/aromatic N) is 3. The lowest BCUT2D eigenvalue weighted by molar-refractivity contribution is 0.333. The molecule has 2 heterocycles. The van der Waals surface area contributed by atoms with Gasteiger partial charge in [0.1, 0.15) is 0 Å². The highest BCUT2D eigenvalue weighted by atomic mass is 32.2. The summed E-state index contributed by atoms with van der Waals surface area (Å²) < 4.78 is 26.7. The molecule has 1 saturated heterocycles. The fourth-order valence-electron chi connectivity index (χ4n) is 2.47. The Bertz CT molecular complexity index is 583. The molecule has 1 fully saturated rings. The lowest BCUT2D eigenvalue weighted by atomic mass is 10.4. The van der Waals surface area contributed by atoms with E-state index in [4.69, 9.17) is 0 Å². The summed E-state index contributed by atoms with van der Waals surface area (Å²) >= 11 is 1.68. The molecule has 1 aliphatic rings. The Labute approximate surface area is 131 Å². The van der Waals surface area contributed by atoms with Crippen molar-refractivity contribution in [2.75, 3.05) is 38.6 Å². The average Bonchev–Trinajstić information content (AvgIpc) is 2.98. The van der Waals surface area contributed by atoms with Crippen LogP contribution in [0.1, 0.15) is 23.9 Å². The molecule has 0 aromatic carbocycles. The van der Waals surface area contributed by atoms with E-state index < -0.39 is 10.0 Å². The van der Waals surface area contributed by atoms with Crippen molar-refractivity contribution >= 4 is 26.5 Å². The minimum Gasteiger partial charge on any atom is -0.354 e. The van der Waals surface area contributed by atoms with Gasteiger partial charge in [0.2, 0.25) is 10.0 Å². The Morgan fingerprint density at radius 1 is 1.48 bits per heavy atom. The van der Waals surface area contributed by atoms with Crippen molar-refractivity contribution in [2.24, 2.45) is 0 Å². The second-order valence-corrected chi connectivity index (χ2v) is 8.70. The lowest BCUT2D eigenvalue weighted by Crippen LogP contribution is -2.36. The van der Waals surface area contributed by atoms with Crippen LogP contribution in [0.5, 0.6) is 0 Å². The van der Waals surface area contributed by atoms with Gasteiger partial charge in [-0.25, -0.2) is 18.1 Å². The molecule has 2 rings (SSSR count). The van der Waals surface area contributed by atoms with Gasteiger partial charge in [0, 0.05) is 38.6 Å². The summed E-state index contributed by atoms with van der Waals surface area (Å²) in [5, 5.41) is 0.706. The number of aryl methyl sites for hydroxylation is 1. The molecule has 1 atom stereocenters. The Balaban J connectivity index is 2.00. The topological polar surface area (TPSA) is 65.5 Å². The van der Waals surface area contributed by atoms with Crippen molar-refractivity contribution in [3.8, 4) is 0 Å². The molecule has 0 aliphatic carbocycles. The van der Waals surface area contributed by atoms with Crippen LogP contribution in [0, 0.1) is 6.92 Å². The molecule has 6 nitrogen and oxygen atoms in total. The highest BCUT2D eigenvalue weighted by Gasteiger charge is 2.32. The first kappa shape index (κ1) is 16.7. The number of hydrogen-bond donors (Lipinski definition) is 1. The average molecular weight is 332 g/mol. The van der Waals surface area contributed by atoms with Crippen LogP contribution in [0.25, 0.3) is 0 Å². The van der Waals surface area contributed by atoms with Gasteiger partial charge in [-0.1, -0.05) is 6.92 Å². The van der Waals surface area contributed by atoms with E-state index in [0.29, 0.717) is 19.5 Å². The second-order valence-electron chi connectivity index (χ2n) is 5.59. The Hall–Kier alpha value is -0.700. The van der Waals surface area contributed by atoms with E-state index in [-0.39, 0.29) is 5.25 Å². The number of likely N-dealkylation sites (tertiary alicyclic amines) is 1. The summed E-state index contributed by atoms with van der Waals surface area (Å²) in [4.78, 5) is 9.97. The van der Waals surface area contributed by atoms with Crippen molar-refractivity contribution in [1.82, 2.24) is 14.6 Å². The molecule has 8 heteroatoms. The van der Waals surface area contributed by atoms with Crippen LogP contribution in [0.3, 0.4) is 0 Å². The van der Waals surface area contributed by atoms with Crippen LogP contribution in [0.4, 0.5) is 5.13 Å². The van der Waals surface area contributed by atoms with Gasteiger partial charge in [-0.3, -0.25) is 4.90 Å². The van der Waals surface area contributed by atoms with E-state index in [0.717, 1.165) is 23.9 Å². The van der Waals surface area contributed by atoms with Crippen molar-refractivity contribution < 1.29 is 8.42 Å². The van der Waals surface area contributed by atoms with Gasteiger partial charge < -0.3 is 4.90 Å². The number of sulfonamides is 1. The normalized spacial score (nSPS) is 20.1. The Morgan fingerprint density at radius 2 is 2.19 bits per heavy atom. The fraction of sp³-hybridized carbons (Fsp3) is 0.769. The molecule has 0 amide bonds. The largest absolute Gasteiger partial charge is 0.354 e. The summed E-state index contributed by atoms with van der Waals surface area (Å²) in [5.74, 6) is 0. The second kappa shape index (κ2) is 6.60. The zero-order valence-corrected chi connectivity index (χ0v) is 14.7. The molecular formula is C13H24N4O2S2. The van der Waals surface area contributed by atoms with Crippen LogP contribution in [0.2, 0.25) is 0 Å². The van der Waals surface area contributed by atoms with E-state index in [1.54, 1.807) is 11.3 Å². The maximum Gasteiger partial charge on any atom is 0.215 e. The number of nitrogens with one attached hydrogen (secondary N) is 1. The first-order valence-corrected chi connectivity index (χ1v) is 9.54. The van der Waals surface area contributed by atoms with Gasteiger partial charge >= 0.3 is 0 Å². The van der Waals surface area contributed by atoms with Crippen molar-refractivity contribution in [1.29, 1.82) is 0 Å². The van der Waals surface area contributed by atoms with Gasteiger partial charge in [0.05, 0.1) is 10.9 Å². The van der Waals surface area contributed by atoms with Crippen LogP contribution < -0.4 is 9.62 Å². The molecule has 1 unspecified atom stereocenters. The van der Waals surface area contributed by atoms with Crippen LogP contribution in [0.15, 0.2) is 0 Å². The number of hydrogen-bond acceptors (Lipinski definition) is 6. The summed E-state index contributed by atoms with van der Waals surface area (Å²) in [5.41, 5.74) is 1.04. The molecule has 1 aliphatic heterocycles. The molecule has 21 heavy (non-hydrogen) atoms. The van der Waals surface area contributed by atoms with Crippen LogP contribution >= 0.6 is 11.3 Å². The van der Waals surface area contributed by atoms with Crippen LogP contribution in [-0.4, -0.2) is 57.3 Å². The Kier molecular flexibility index (Phi) is 5.24. The standard InChI is InChI=1S/C13H24N4O2S2/c1-5-14-21(18,19)11-6-7-17(8-11)9-12-10(2)15-13(20-12)16(3)4/h11,14H,5-9H2,1-4H3. The minimum absolute atomic E-state index is 0.293. The molecule has 0 bridgehead atoms. The zero-order chi connectivity index (χ0) is 15.6. The fourth-order valence-corrected chi connectivity index (χ4v) is 4.95. The molecule has 120 valence electrons. The summed E-state index contributed by atoms with van der Waals surface area (Å²) in [6.45, 7) is 6.50. The van der Waals surface area contributed by atoms with Crippen molar-refractivity contribution in [3.05, 3.63) is 10.6 Å². The highest BCUT2D eigenvalue weighted by molar-refractivity contribution is 7.90. The smallest absolute Gasteiger partial charge is 0.215 e. The third kappa shape index (κ3) is 3.94. The zero-order valence-electron chi connectivity index (χ0n) is 13.1. The maximum absolute atomic E-state index is 12.0. The first-order valence-electron chi connectivity index (χ1n) is 7.18. The molecule has 0 saturated carbocycles. The molecule has 0 radical (unpaired) electrons. The van der Waals surface area contributed by atoms with E-state index in [9.17, 15) is 8.42 Å².